The normalized spacial score (nSPS) is 23.6. The van der Waals surface area contributed by atoms with Crippen molar-refractivity contribution in [2.75, 3.05) is 9.96 Å². The lowest BCUT2D eigenvalue weighted by Gasteiger charge is -2.29. The predicted molar refractivity (Wildman–Crippen MR) is 110 cm³/mol. The largest absolute Gasteiger partial charge is 0.273 e. The van der Waals surface area contributed by atoms with E-state index in [9.17, 15) is 9.59 Å². The topological polar surface area (TPSA) is 49.9 Å². The predicted octanol–water partition coefficient (Wildman–Crippen LogP) is 4.05. The van der Waals surface area contributed by atoms with Gasteiger partial charge in [-0.1, -0.05) is 60.7 Å². The van der Waals surface area contributed by atoms with E-state index in [4.69, 9.17) is 4.84 Å². The number of anilines is 2. The Bertz CT molecular complexity index is 1070. The molecule has 2 aliphatic heterocycles. The van der Waals surface area contributed by atoms with E-state index in [0.717, 1.165) is 16.8 Å². The molecule has 2 heterocycles. The molecule has 0 saturated carbocycles. The summed E-state index contributed by atoms with van der Waals surface area (Å²) in [6.07, 6.45) is -0.840. The SMILES string of the molecule is Cc1ccccc1[C@H]1[C@H]2C(=O)N(c3ccccc3)C(=O)[C@@H]2ON1c1ccccc1. The van der Waals surface area contributed by atoms with Crippen LogP contribution in [0.15, 0.2) is 84.9 Å². The smallest absolute Gasteiger partial charge is 0.266 e. The zero-order valence-electron chi connectivity index (χ0n) is 15.9. The molecule has 0 aromatic heterocycles. The summed E-state index contributed by atoms with van der Waals surface area (Å²) in [6.45, 7) is 2.02. The third-order valence-electron chi connectivity index (χ3n) is 5.65. The Labute approximate surface area is 169 Å². The van der Waals surface area contributed by atoms with E-state index in [2.05, 4.69) is 0 Å². The summed E-state index contributed by atoms with van der Waals surface area (Å²) in [5.41, 5.74) is 3.44. The number of benzene rings is 3. The molecule has 144 valence electrons. The summed E-state index contributed by atoms with van der Waals surface area (Å²) < 4.78 is 0. The third-order valence-corrected chi connectivity index (χ3v) is 5.65. The molecule has 5 rings (SSSR count). The lowest BCUT2D eigenvalue weighted by atomic mass is 9.88. The van der Waals surface area contributed by atoms with E-state index in [-0.39, 0.29) is 17.9 Å². The number of hydrogen-bond donors (Lipinski definition) is 0. The summed E-state index contributed by atoms with van der Waals surface area (Å²) in [5.74, 6) is -1.15. The number of nitrogens with zero attached hydrogens (tertiary/aromatic N) is 2. The second kappa shape index (κ2) is 6.87. The zero-order valence-corrected chi connectivity index (χ0v) is 15.9. The molecular formula is C24H20N2O3. The quantitative estimate of drug-likeness (QED) is 0.640. The average molecular weight is 384 g/mol. The van der Waals surface area contributed by atoms with Crippen molar-refractivity contribution in [2.24, 2.45) is 5.92 Å². The molecule has 3 aromatic rings. The molecule has 5 heteroatoms. The van der Waals surface area contributed by atoms with Crippen LogP contribution in [0.3, 0.4) is 0 Å². The van der Waals surface area contributed by atoms with Crippen molar-refractivity contribution in [1.29, 1.82) is 0 Å². The summed E-state index contributed by atoms with van der Waals surface area (Å²) in [4.78, 5) is 34.1. The molecule has 0 aliphatic carbocycles. The highest BCUT2D eigenvalue weighted by atomic mass is 16.7. The van der Waals surface area contributed by atoms with E-state index in [1.54, 1.807) is 17.2 Å². The van der Waals surface area contributed by atoms with Crippen molar-refractivity contribution in [3.63, 3.8) is 0 Å². The molecule has 0 N–H and O–H groups in total. The number of amides is 2. The Kier molecular flexibility index (Phi) is 4.18. The van der Waals surface area contributed by atoms with Crippen LogP contribution in [0.25, 0.3) is 0 Å². The molecule has 5 nitrogen and oxygen atoms in total. The van der Waals surface area contributed by atoms with Crippen LogP contribution in [0.2, 0.25) is 0 Å². The minimum atomic E-state index is -0.840. The van der Waals surface area contributed by atoms with Gasteiger partial charge in [-0.2, -0.15) is 0 Å². The Morgan fingerprint density at radius 3 is 1.97 bits per heavy atom. The molecule has 0 radical (unpaired) electrons. The van der Waals surface area contributed by atoms with Crippen molar-refractivity contribution < 1.29 is 14.4 Å². The second-order valence-corrected chi connectivity index (χ2v) is 7.36. The van der Waals surface area contributed by atoms with Gasteiger partial charge in [0, 0.05) is 0 Å². The number of fused-ring (bicyclic) bond motifs is 1. The number of hydrogen-bond acceptors (Lipinski definition) is 4. The maximum Gasteiger partial charge on any atom is 0.266 e. The monoisotopic (exact) mass is 384 g/mol. The number of aryl methyl sites for hydroxylation is 1. The average Bonchev–Trinajstić information content (AvgIpc) is 3.26. The number of imide groups is 1. The Hall–Kier alpha value is -3.44. The molecule has 2 amide bonds. The molecule has 3 aromatic carbocycles. The fourth-order valence-electron chi connectivity index (χ4n) is 4.28. The highest BCUT2D eigenvalue weighted by Gasteiger charge is 2.60. The van der Waals surface area contributed by atoms with Crippen molar-refractivity contribution in [3.05, 3.63) is 96.1 Å². The number of rotatable bonds is 3. The summed E-state index contributed by atoms with van der Waals surface area (Å²) in [7, 11) is 0. The fourth-order valence-corrected chi connectivity index (χ4v) is 4.28. The van der Waals surface area contributed by atoms with Gasteiger partial charge in [-0.25, -0.2) is 9.96 Å². The van der Waals surface area contributed by atoms with Crippen LogP contribution >= 0.6 is 0 Å². The minimum Gasteiger partial charge on any atom is -0.273 e. The van der Waals surface area contributed by atoms with Gasteiger partial charge in [-0.15, -0.1) is 0 Å². The Morgan fingerprint density at radius 1 is 0.724 bits per heavy atom. The maximum absolute atomic E-state index is 13.5. The van der Waals surface area contributed by atoms with Crippen LogP contribution < -0.4 is 9.96 Å². The van der Waals surface area contributed by atoms with Gasteiger partial charge in [0.15, 0.2) is 6.10 Å². The van der Waals surface area contributed by atoms with Crippen LogP contribution in [-0.4, -0.2) is 17.9 Å². The Balaban J connectivity index is 1.62. The first-order valence-electron chi connectivity index (χ1n) is 9.66. The van der Waals surface area contributed by atoms with Gasteiger partial charge in [0.2, 0.25) is 5.91 Å². The number of carbonyl (C=O) groups is 2. The number of carbonyl (C=O) groups excluding carboxylic acids is 2. The summed E-state index contributed by atoms with van der Waals surface area (Å²) in [5, 5.41) is 1.73. The van der Waals surface area contributed by atoms with Crippen LogP contribution in [-0.2, 0) is 14.4 Å². The molecule has 29 heavy (non-hydrogen) atoms. The number of para-hydroxylation sites is 2. The van der Waals surface area contributed by atoms with Gasteiger partial charge in [0.05, 0.1) is 17.4 Å². The fraction of sp³-hybridized carbons (Fsp3) is 0.167. The second-order valence-electron chi connectivity index (χ2n) is 7.36. The van der Waals surface area contributed by atoms with E-state index < -0.39 is 12.0 Å². The van der Waals surface area contributed by atoms with Gasteiger partial charge in [0.25, 0.3) is 5.91 Å². The molecule has 2 saturated heterocycles. The lowest BCUT2D eigenvalue weighted by molar-refractivity contribution is -0.126. The van der Waals surface area contributed by atoms with Gasteiger partial charge < -0.3 is 0 Å². The van der Waals surface area contributed by atoms with Gasteiger partial charge in [-0.3, -0.25) is 14.4 Å². The number of hydroxylamine groups is 1. The standard InChI is InChI=1S/C24H20N2O3/c1-16-10-8-9-15-19(16)21-20-22(29-26(21)18-13-6-3-7-14-18)24(28)25(23(20)27)17-11-4-2-5-12-17/h2-15,20-22H,1H3/t20-,21+,22-/m1/s1. The highest BCUT2D eigenvalue weighted by Crippen LogP contribution is 2.48. The summed E-state index contributed by atoms with van der Waals surface area (Å²) in [6, 6.07) is 26.2. The van der Waals surface area contributed by atoms with Crippen molar-refractivity contribution in [2.45, 2.75) is 19.1 Å². The molecule has 2 fully saturated rings. The first-order valence-corrected chi connectivity index (χ1v) is 9.66. The minimum absolute atomic E-state index is 0.224. The Morgan fingerprint density at radius 2 is 1.31 bits per heavy atom. The maximum atomic E-state index is 13.5. The van der Waals surface area contributed by atoms with E-state index >= 15 is 0 Å². The first kappa shape index (κ1) is 17.6. The van der Waals surface area contributed by atoms with Gasteiger partial charge in [0.1, 0.15) is 5.92 Å². The van der Waals surface area contributed by atoms with Crippen molar-refractivity contribution in [1.82, 2.24) is 0 Å². The van der Waals surface area contributed by atoms with Crippen LogP contribution in [0.1, 0.15) is 17.2 Å². The third kappa shape index (κ3) is 2.74. The van der Waals surface area contributed by atoms with Crippen LogP contribution in [0.4, 0.5) is 11.4 Å². The molecule has 3 atom stereocenters. The van der Waals surface area contributed by atoms with Crippen LogP contribution in [0.5, 0.6) is 0 Å². The van der Waals surface area contributed by atoms with Crippen molar-refractivity contribution in [3.8, 4) is 0 Å². The van der Waals surface area contributed by atoms with E-state index in [0.29, 0.717) is 5.69 Å². The van der Waals surface area contributed by atoms with E-state index in [1.807, 2.05) is 79.7 Å². The first-order chi connectivity index (χ1) is 14.2. The molecule has 0 bridgehead atoms. The summed E-state index contributed by atoms with van der Waals surface area (Å²) >= 11 is 0. The molecule has 0 unspecified atom stereocenters. The molecule has 2 aliphatic rings. The van der Waals surface area contributed by atoms with Crippen molar-refractivity contribution >= 4 is 23.2 Å². The molecule has 0 spiro atoms. The lowest BCUT2D eigenvalue weighted by Crippen LogP contribution is -2.37. The van der Waals surface area contributed by atoms with E-state index in [1.165, 1.54) is 4.90 Å². The van der Waals surface area contributed by atoms with Gasteiger partial charge in [-0.05, 0) is 42.3 Å². The zero-order chi connectivity index (χ0) is 20.0. The molecular weight excluding hydrogens is 364 g/mol. The highest BCUT2D eigenvalue weighted by molar-refractivity contribution is 6.23. The van der Waals surface area contributed by atoms with Gasteiger partial charge >= 0.3 is 0 Å². The van der Waals surface area contributed by atoms with Crippen LogP contribution in [0, 0.1) is 12.8 Å².